The fourth-order valence-electron chi connectivity index (χ4n) is 2.98. The quantitative estimate of drug-likeness (QED) is 0.410. The first-order chi connectivity index (χ1) is 13.5. The molecule has 0 atom stereocenters. The molecule has 0 aliphatic heterocycles. The lowest BCUT2D eigenvalue weighted by molar-refractivity contribution is -0.142. The minimum atomic E-state index is -0.618. The van der Waals surface area contributed by atoms with Crippen LogP contribution in [0.2, 0.25) is 0 Å². The summed E-state index contributed by atoms with van der Waals surface area (Å²) >= 11 is 3.00. The zero-order valence-electron chi connectivity index (χ0n) is 15.3. The van der Waals surface area contributed by atoms with Gasteiger partial charge in [-0.3, -0.25) is 9.59 Å². The van der Waals surface area contributed by atoms with Crippen LogP contribution in [0.3, 0.4) is 0 Å². The van der Waals surface area contributed by atoms with Gasteiger partial charge in [0.2, 0.25) is 0 Å². The number of aryl methyl sites for hydroxylation is 1. The molecule has 1 aromatic heterocycles. The van der Waals surface area contributed by atoms with Crippen molar-refractivity contribution in [2.75, 3.05) is 18.2 Å². The molecule has 2 amide bonds. The monoisotopic (exact) mass is 416 g/mol. The standard InChI is InChI=1S/C20H20N2O4S2/c1-27-13-8-5-12(6-9-13)7-10-17(24)26-11-16(23)22-20-18(19(21)25)14-3-2-4-15(14)28-20/h5-10H,2-4,11H2,1H3,(H2,21,25)(H,22,23)/b10-7+. The molecule has 0 saturated heterocycles. The number of esters is 1. The lowest BCUT2D eigenvalue weighted by Crippen LogP contribution is -2.22. The van der Waals surface area contributed by atoms with Crippen molar-refractivity contribution < 1.29 is 19.1 Å². The number of primary amides is 1. The van der Waals surface area contributed by atoms with Crippen molar-refractivity contribution >= 4 is 52.0 Å². The van der Waals surface area contributed by atoms with Crippen molar-refractivity contribution in [3.05, 3.63) is 51.9 Å². The number of benzene rings is 1. The van der Waals surface area contributed by atoms with E-state index in [1.807, 2.05) is 30.5 Å². The average molecular weight is 417 g/mol. The molecule has 0 bridgehead atoms. The molecule has 3 N–H and O–H groups in total. The molecule has 0 radical (unpaired) electrons. The Morgan fingerprint density at radius 1 is 1.25 bits per heavy atom. The number of anilines is 1. The molecule has 0 spiro atoms. The van der Waals surface area contributed by atoms with E-state index in [9.17, 15) is 14.4 Å². The topological polar surface area (TPSA) is 98.5 Å². The summed E-state index contributed by atoms with van der Waals surface area (Å²) in [4.78, 5) is 37.9. The number of thiophene rings is 1. The van der Waals surface area contributed by atoms with E-state index in [-0.39, 0.29) is 0 Å². The zero-order chi connectivity index (χ0) is 20.1. The minimum absolute atomic E-state index is 0.380. The molecule has 3 rings (SSSR count). The fourth-order valence-corrected chi connectivity index (χ4v) is 4.70. The van der Waals surface area contributed by atoms with Crippen LogP contribution in [0, 0.1) is 0 Å². The smallest absolute Gasteiger partial charge is 0.331 e. The van der Waals surface area contributed by atoms with Gasteiger partial charge in [0.15, 0.2) is 6.61 Å². The summed E-state index contributed by atoms with van der Waals surface area (Å²) in [6.07, 6.45) is 7.55. The number of fused-ring (bicyclic) bond motifs is 1. The normalized spacial score (nSPS) is 12.8. The molecule has 28 heavy (non-hydrogen) atoms. The van der Waals surface area contributed by atoms with Crippen LogP contribution in [0.1, 0.15) is 32.8 Å². The highest BCUT2D eigenvalue weighted by Gasteiger charge is 2.26. The molecule has 0 saturated carbocycles. The van der Waals surface area contributed by atoms with Crippen LogP contribution in [0.5, 0.6) is 0 Å². The lowest BCUT2D eigenvalue weighted by Gasteiger charge is -2.06. The van der Waals surface area contributed by atoms with E-state index in [0.29, 0.717) is 10.6 Å². The first-order valence-electron chi connectivity index (χ1n) is 8.71. The Hall–Kier alpha value is -2.58. The second kappa shape index (κ2) is 9.07. The summed E-state index contributed by atoms with van der Waals surface area (Å²) in [5, 5.41) is 3.07. The first-order valence-corrected chi connectivity index (χ1v) is 10.7. The maximum atomic E-state index is 12.1. The van der Waals surface area contributed by atoms with Crippen molar-refractivity contribution in [2.24, 2.45) is 5.73 Å². The van der Waals surface area contributed by atoms with Gasteiger partial charge in [0, 0.05) is 15.8 Å². The van der Waals surface area contributed by atoms with E-state index in [0.717, 1.165) is 40.2 Å². The van der Waals surface area contributed by atoms with Crippen LogP contribution in [0.25, 0.3) is 6.08 Å². The number of rotatable bonds is 7. The lowest BCUT2D eigenvalue weighted by atomic mass is 10.1. The van der Waals surface area contributed by atoms with Gasteiger partial charge in [-0.05, 0) is 54.9 Å². The summed E-state index contributed by atoms with van der Waals surface area (Å²) in [6, 6.07) is 7.70. The number of carbonyl (C=O) groups is 3. The highest BCUT2D eigenvalue weighted by Crippen LogP contribution is 2.38. The maximum absolute atomic E-state index is 12.1. The molecular formula is C20H20N2O4S2. The number of ether oxygens (including phenoxy) is 1. The average Bonchev–Trinajstić information content (AvgIpc) is 3.25. The summed E-state index contributed by atoms with van der Waals surface area (Å²) in [5.41, 5.74) is 7.63. The Morgan fingerprint density at radius 3 is 2.68 bits per heavy atom. The number of amides is 2. The molecule has 1 heterocycles. The predicted octanol–water partition coefficient (Wildman–Crippen LogP) is 3.25. The Balaban J connectivity index is 1.53. The van der Waals surface area contributed by atoms with Crippen LogP contribution >= 0.6 is 23.1 Å². The van der Waals surface area contributed by atoms with Crippen LogP contribution in [-0.4, -0.2) is 30.6 Å². The Labute approximate surface area is 171 Å². The molecular weight excluding hydrogens is 396 g/mol. The Bertz CT molecular complexity index is 932. The summed E-state index contributed by atoms with van der Waals surface area (Å²) in [7, 11) is 0. The second-order valence-electron chi connectivity index (χ2n) is 6.19. The summed E-state index contributed by atoms with van der Waals surface area (Å²) in [6.45, 7) is -0.435. The second-order valence-corrected chi connectivity index (χ2v) is 8.17. The number of nitrogens with two attached hydrogens (primary N) is 1. The molecule has 2 aromatic rings. The van der Waals surface area contributed by atoms with Crippen molar-refractivity contribution in [1.82, 2.24) is 0 Å². The predicted molar refractivity (Wildman–Crippen MR) is 112 cm³/mol. The van der Waals surface area contributed by atoms with E-state index in [2.05, 4.69) is 5.32 Å². The molecule has 0 unspecified atom stereocenters. The van der Waals surface area contributed by atoms with Gasteiger partial charge in [0.25, 0.3) is 11.8 Å². The number of hydrogen-bond donors (Lipinski definition) is 2. The Morgan fingerprint density at radius 2 is 2.00 bits per heavy atom. The van der Waals surface area contributed by atoms with Crippen molar-refractivity contribution in [1.29, 1.82) is 0 Å². The summed E-state index contributed by atoms with van der Waals surface area (Å²) in [5.74, 6) is -1.68. The minimum Gasteiger partial charge on any atom is -0.452 e. The van der Waals surface area contributed by atoms with Gasteiger partial charge in [-0.2, -0.15) is 0 Å². The van der Waals surface area contributed by atoms with Crippen molar-refractivity contribution in [3.63, 3.8) is 0 Å². The summed E-state index contributed by atoms with van der Waals surface area (Å²) < 4.78 is 4.97. The van der Waals surface area contributed by atoms with E-state index in [4.69, 9.17) is 10.5 Å². The van der Waals surface area contributed by atoms with Crippen LogP contribution in [-0.2, 0) is 27.2 Å². The van der Waals surface area contributed by atoms with E-state index < -0.39 is 24.4 Å². The number of nitrogens with one attached hydrogen (secondary N) is 1. The van der Waals surface area contributed by atoms with Gasteiger partial charge in [0.1, 0.15) is 5.00 Å². The number of hydrogen-bond acceptors (Lipinski definition) is 6. The highest BCUT2D eigenvalue weighted by molar-refractivity contribution is 7.98. The third-order valence-corrected chi connectivity index (χ3v) is 6.24. The maximum Gasteiger partial charge on any atom is 0.331 e. The van der Waals surface area contributed by atoms with Gasteiger partial charge >= 0.3 is 5.97 Å². The third kappa shape index (κ3) is 4.82. The van der Waals surface area contributed by atoms with E-state index in [1.165, 1.54) is 17.4 Å². The fraction of sp³-hybridized carbons (Fsp3) is 0.250. The molecule has 146 valence electrons. The third-order valence-electron chi connectivity index (χ3n) is 4.29. The molecule has 1 aliphatic carbocycles. The van der Waals surface area contributed by atoms with Crippen LogP contribution < -0.4 is 11.1 Å². The molecule has 8 heteroatoms. The van der Waals surface area contributed by atoms with Crippen molar-refractivity contribution in [2.45, 2.75) is 24.2 Å². The van der Waals surface area contributed by atoms with E-state index in [1.54, 1.807) is 17.8 Å². The van der Waals surface area contributed by atoms with Gasteiger partial charge in [-0.15, -0.1) is 23.1 Å². The Kier molecular flexibility index (Phi) is 6.53. The van der Waals surface area contributed by atoms with Crippen molar-refractivity contribution in [3.8, 4) is 0 Å². The van der Waals surface area contributed by atoms with E-state index >= 15 is 0 Å². The van der Waals surface area contributed by atoms with Gasteiger partial charge in [0.05, 0.1) is 5.56 Å². The van der Waals surface area contributed by atoms with Gasteiger partial charge in [-0.1, -0.05) is 12.1 Å². The zero-order valence-corrected chi connectivity index (χ0v) is 17.0. The molecule has 0 fully saturated rings. The first kappa shape index (κ1) is 20.2. The molecule has 1 aromatic carbocycles. The van der Waals surface area contributed by atoms with Crippen LogP contribution in [0.4, 0.5) is 5.00 Å². The van der Waals surface area contributed by atoms with Crippen LogP contribution in [0.15, 0.2) is 35.2 Å². The van der Waals surface area contributed by atoms with Gasteiger partial charge < -0.3 is 15.8 Å². The molecule has 1 aliphatic rings. The van der Waals surface area contributed by atoms with Gasteiger partial charge in [-0.25, -0.2) is 4.79 Å². The largest absolute Gasteiger partial charge is 0.452 e. The highest BCUT2D eigenvalue weighted by atomic mass is 32.2. The number of carbonyl (C=O) groups excluding carboxylic acids is 3. The number of thioether (sulfide) groups is 1. The molecule has 6 nitrogen and oxygen atoms in total. The SMILES string of the molecule is CSc1ccc(/C=C/C(=O)OCC(=O)Nc2sc3c(c2C(N)=O)CCC3)cc1.